The van der Waals surface area contributed by atoms with Crippen LogP contribution in [-0.2, 0) is 7.05 Å². The highest BCUT2D eigenvalue weighted by Crippen LogP contribution is 2.01. The SMILES string of the molecule is CCN(C)C(=O)Nc1ccn(C)n1. The predicted molar refractivity (Wildman–Crippen MR) is 50.5 cm³/mol. The molecule has 5 heteroatoms. The summed E-state index contributed by atoms with van der Waals surface area (Å²) in [7, 11) is 3.54. The van der Waals surface area contributed by atoms with Gasteiger partial charge in [-0.1, -0.05) is 0 Å². The van der Waals surface area contributed by atoms with Crippen LogP contribution in [0.1, 0.15) is 6.92 Å². The van der Waals surface area contributed by atoms with Crippen molar-refractivity contribution in [2.45, 2.75) is 6.92 Å². The zero-order chi connectivity index (χ0) is 9.84. The molecule has 0 saturated carbocycles. The van der Waals surface area contributed by atoms with Crippen LogP contribution in [0.5, 0.6) is 0 Å². The molecule has 0 aliphatic heterocycles. The van der Waals surface area contributed by atoms with Gasteiger partial charge in [0.15, 0.2) is 5.82 Å². The Hall–Kier alpha value is -1.52. The van der Waals surface area contributed by atoms with Crippen LogP contribution in [0.4, 0.5) is 10.6 Å². The lowest BCUT2D eigenvalue weighted by Crippen LogP contribution is -2.31. The standard InChI is InChI=1S/C8H14N4O/c1-4-11(2)8(13)9-7-5-6-12(3)10-7/h5-6H,4H2,1-3H3,(H,9,10,13). The Kier molecular flexibility index (Phi) is 2.89. The lowest BCUT2D eigenvalue weighted by atomic mass is 10.6. The Labute approximate surface area is 77.3 Å². The second kappa shape index (κ2) is 3.93. The van der Waals surface area contributed by atoms with Gasteiger partial charge in [-0.25, -0.2) is 4.79 Å². The van der Waals surface area contributed by atoms with E-state index in [4.69, 9.17) is 0 Å². The summed E-state index contributed by atoms with van der Waals surface area (Å²) in [6, 6.07) is 1.61. The van der Waals surface area contributed by atoms with E-state index in [1.54, 1.807) is 35.9 Å². The quantitative estimate of drug-likeness (QED) is 0.738. The fourth-order valence-corrected chi connectivity index (χ4v) is 0.830. The third-order valence-electron chi connectivity index (χ3n) is 1.77. The molecule has 2 amide bonds. The fourth-order valence-electron chi connectivity index (χ4n) is 0.830. The maximum absolute atomic E-state index is 11.3. The van der Waals surface area contributed by atoms with Gasteiger partial charge in [0.05, 0.1) is 0 Å². The zero-order valence-corrected chi connectivity index (χ0v) is 8.11. The molecule has 72 valence electrons. The largest absolute Gasteiger partial charge is 0.328 e. The van der Waals surface area contributed by atoms with Crippen LogP contribution >= 0.6 is 0 Å². The van der Waals surface area contributed by atoms with Gasteiger partial charge in [0.25, 0.3) is 0 Å². The molecule has 0 aliphatic carbocycles. The molecule has 0 aliphatic rings. The summed E-state index contributed by atoms with van der Waals surface area (Å²) in [5.74, 6) is 0.577. The number of urea groups is 1. The number of amides is 2. The molecule has 0 unspecified atom stereocenters. The smallest absolute Gasteiger partial charge is 0.322 e. The minimum Gasteiger partial charge on any atom is -0.328 e. The number of hydrogen-bond acceptors (Lipinski definition) is 2. The van der Waals surface area contributed by atoms with Crippen molar-refractivity contribution in [1.29, 1.82) is 0 Å². The maximum atomic E-state index is 11.3. The maximum Gasteiger partial charge on any atom is 0.322 e. The molecule has 0 atom stereocenters. The summed E-state index contributed by atoms with van der Waals surface area (Å²) in [5.41, 5.74) is 0. The van der Waals surface area contributed by atoms with Crippen molar-refractivity contribution in [2.24, 2.45) is 7.05 Å². The summed E-state index contributed by atoms with van der Waals surface area (Å²) in [6.07, 6.45) is 1.78. The average molecular weight is 182 g/mol. The first-order valence-corrected chi connectivity index (χ1v) is 4.15. The first-order chi connectivity index (χ1) is 6.13. The molecule has 0 radical (unpaired) electrons. The summed E-state index contributed by atoms with van der Waals surface area (Å²) in [5, 5.41) is 6.69. The van der Waals surface area contributed by atoms with Crippen LogP contribution in [0, 0.1) is 0 Å². The van der Waals surface area contributed by atoms with Crippen LogP contribution in [-0.4, -0.2) is 34.3 Å². The third-order valence-corrected chi connectivity index (χ3v) is 1.77. The highest BCUT2D eigenvalue weighted by molar-refractivity contribution is 5.87. The number of anilines is 1. The number of carbonyl (C=O) groups is 1. The summed E-state index contributed by atoms with van der Waals surface area (Å²) in [4.78, 5) is 12.9. The van der Waals surface area contributed by atoms with Gasteiger partial charge in [0, 0.05) is 32.9 Å². The monoisotopic (exact) mass is 182 g/mol. The molecule has 1 heterocycles. The number of nitrogens with zero attached hydrogens (tertiary/aromatic N) is 3. The minimum absolute atomic E-state index is 0.138. The number of aryl methyl sites for hydroxylation is 1. The second-order valence-electron chi connectivity index (χ2n) is 2.82. The number of nitrogens with one attached hydrogen (secondary N) is 1. The summed E-state index contributed by atoms with van der Waals surface area (Å²) >= 11 is 0. The van der Waals surface area contributed by atoms with Gasteiger partial charge in [0.2, 0.25) is 0 Å². The predicted octanol–water partition coefficient (Wildman–Crippen LogP) is 0.904. The van der Waals surface area contributed by atoms with E-state index in [2.05, 4.69) is 10.4 Å². The first kappa shape index (κ1) is 9.57. The van der Waals surface area contributed by atoms with Crippen LogP contribution in [0.3, 0.4) is 0 Å². The Morgan fingerprint density at radius 2 is 2.46 bits per heavy atom. The van der Waals surface area contributed by atoms with Gasteiger partial charge in [-0.3, -0.25) is 10.00 Å². The van der Waals surface area contributed by atoms with Crippen molar-refractivity contribution in [3.63, 3.8) is 0 Å². The molecule has 0 aromatic carbocycles. The second-order valence-corrected chi connectivity index (χ2v) is 2.82. The van der Waals surface area contributed by atoms with Gasteiger partial charge >= 0.3 is 6.03 Å². The molecule has 1 aromatic heterocycles. The molecule has 1 N–H and O–H groups in total. The number of hydrogen-bond donors (Lipinski definition) is 1. The molecular weight excluding hydrogens is 168 g/mol. The van der Waals surface area contributed by atoms with Crippen molar-refractivity contribution < 1.29 is 4.79 Å². The minimum atomic E-state index is -0.138. The van der Waals surface area contributed by atoms with E-state index in [1.807, 2.05) is 6.92 Å². The van der Waals surface area contributed by atoms with E-state index < -0.39 is 0 Å². The van der Waals surface area contributed by atoms with E-state index in [1.165, 1.54) is 0 Å². The van der Waals surface area contributed by atoms with E-state index in [9.17, 15) is 4.79 Å². The van der Waals surface area contributed by atoms with E-state index in [0.717, 1.165) is 0 Å². The van der Waals surface area contributed by atoms with Crippen molar-refractivity contribution in [3.05, 3.63) is 12.3 Å². The molecule has 0 saturated heterocycles. The topological polar surface area (TPSA) is 50.2 Å². The Morgan fingerprint density at radius 1 is 1.77 bits per heavy atom. The van der Waals surface area contributed by atoms with Crippen LogP contribution in [0.25, 0.3) is 0 Å². The molecular formula is C8H14N4O. The average Bonchev–Trinajstić information content (AvgIpc) is 2.49. The Balaban J connectivity index is 2.54. The lowest BCUT2D eigenvalue weighted by molar-refractivity contribution is 0.224. The van der Waals surface area contributed by atoms with E-state index in [-0.39, 0.29) is 6.03 Å². The van der Waals surface area contributed by atoms with Gasteiger partial charge < -0.3 is 4.90 Å². The molecule has 1 aromatic rings. The normalized spacial score (nSPS) is 9.77. The third kappa shape index (κ3) is 2.47. The summed E-state index contributed by atoms with van der Waals surface area (Å²) < 4.78 is 1.64. The van der Waals surface area contributed by atoms with Crippen molar-refractivity contribution >= 4 is 11.8 Å². The van der Waals surface area contributed by atoms with Crippen LogP contribution in [0.15, 0.2) is 12.3 Å². The molecule has 0 bridgehead atoms. The highest BCUT2D eigenvalue weighted by atomic mass is 16.2. The summed E-state index contributed by atoms with van der Waals surface area (Å²) in [6.45, 7) is 2.59. The molecule has 0 spiro atoms. The highest BCUT2D eigenvalue weighted by Gasteiger charge is 2.06. The number of aromatic nitrogens is 2. The van der Waals surface area contributed by atoms with E-state index in [0.29, 0.717) is 12.4 Å². The van der Waals surface area contributed by atoms with Gasteiger partial charge in [-0.15, -0.1) is 0 Å². The van der Waals surface area contributed by atoms with Gasteiger partial charge in [-0.2, -0.15) is 5.10 Å². The zero-order valence-electron chi connectivity index (χ0n) is 8.11. The fraction of sp³-hybridized carbons (Fsp3) is 0.500. The van der Waals surface area contributed by atoms with Gasteiger partial charge in [0.1, 0.15) is 0 Å². The van der Waals surface area contributed by atoms with Crippen molar-refractivity contribution in [3.8, 4) is 0 Å². The van der Waals surface area contributed by atoms with Crippen LogP contribution in [0.2, 0.25) is 0 Å². The molecule has 13 heavy (non-hydrogen) atoms. The molecule has 0 fully saturated rings. The number of carbonyl (C=O) groups excluding carboxylic acids is 1. The lowest BCUT2D eigenvalue weighted by Gasteiger charge is -2.13. The van der Waals surface area contributed by atoms with E-state index >= 15 is 0 Å². The Bertz CT molecular complexity index is 294. The Morgan fingerprint density at radius 3 is 2.92 bits per heavy atom. The molecule has 5 nitrogen and oxygen atoms in total. The van der Waals surface area contributed by atoms with Crippen molar-refractivity contribution in [1.82, 2.24) is 14.7 Å². The first-order valence-electron chi connectivity index (χ1n) is 4.15. The van der Waals surface area contributed by atoms with Gasteiger partial charge in [-0.05, 0) is 6.92 Å². The number of rotatable bonds is 2. The van der Waals surface area contributed by atoms with Crippen molar-refractivity contribution in [2.75, 3.05) is 18.9 Å². The molecule has 1 rings (SSSR count). The van der Waals surface area contributed by atoms with Crippen LogP contribution < -0.4 is 5.32 Å².